The molecule has 106 valence electrons. The normalized spacial score (nSPS) is 12.5. The maximum Gasteiger partial charge on any atom is 0.316 e. The Hall–Kier alpha value is -0.940. The van der Waals surface area contributed by atoms with E-state index in [0.717, 1.165) is 0 Å². The van der Waals surface area contributed by atoms with Crippen LogP contribution in [0.1, 0.15) is 27.2 Å². The molecule has 0 heterocycles. The molecule has 0 fully saturated rings. The summed E-state index contributed by atoms with van der Waals surface area (Å²) in [5, 5.41) is 0. The summed E-state index contributed by atoms with van der Waals surface area (Å²) in [6.07, 6.45) is 0.228. The molecule has 0 aromatic rings. The molecular weight excluding hydrogens is 236 g/mol. The van der Waals surface area contributed by atoms with Crippen LogP contribution >= 0.6 is 0 Å². The number of hydrogen-bond acceptors (Lipinski definition) is 5. The minimum absolute atomic E-state index is 0.0597. The third kappa shape index (κ3) is 6.71. The van der Waals surface area contributed by atoms with Crippen LogP contribution in [0.5, 0.6) is 0 Å². The van der Waals surface area contributed by atoms with Crippen LogP contribution in [0.3, 0.4) is 0 Å². The smallest absolute Gasteiger partial charge is 0.316 e. The van der Waals surface area contributed by atoms with Crippen molar-refractivity contribution < 1.29 is 23.8 Å². The number of hydrogen-bond donors (Lipinski definition) is 0. The van der Waals surface area contributed by atoms with Crippen LogP contribution in [-0.2, 0) is 23.8 Å². The molecule has 0 aliphatic carbocycles. The van der Waals surface area contributed by atoms with Crippen LogP contribution < -0.4 is 0 Å². The van der Waals surface area contributed by atoms with E-state index in [-0.39, 0.29) is 18.1 Å². The zero-order valence-corrected chi connectivity index (χ0v) is 11.7. The van der Waals surface area contributed by atoms with Crippen LogP contribution in [0.15, 0.2) is 0 Å². The van der Waals surface area contributed by atoms with Crippen molar-refractivity contribution in [3.8, 4) is 0 Å². The number of methoxy groups -OCH3 is 1. The van der Waals surface area contributed by atoms with E-state index in [1.54, 1.807) is 14.0 Å². The first kappa shape index (κ1) is 17.1. The van der Waals surface area contributed by atoms with E-state index in [1.807, 2.05) is 13.8 Å². The molecule has 0 saturated heterocycles. The SMILES string of the molecule is CCOC(=O)C(C(=O)CCOCCOC)C(C)C. The van der Waals surface area contributed by atoms with E-state index >= 15 is 0 Å². The summed E-state index contributed by atoms with van der Waals surface area (Å²) in [6, 6.07) is 0. The molecule has 18 heavy (non-hydrogen) atoms. The van der Waals surface area contributed by atoms with Gasteiger partial charge < -0.3 is 14.2 Å². The quantitative estimate of drug-likeness (QED) is 0.338. The first-order valence-corrected chi connectivity index (χ1v) is 6.30. The fourth-order valence-corrected chi connectivity index (χ4v) is 1.58. The molecule has 0 amide bonds. The predicted molar refractivity (Wildman–Crippen MR) is 67.3 cm³/mol. The van der Waals surface area contributed by atoms with Crippen molar-refractivity contribution in [1.82, 2.24) is 0 Å². The molecule has 0 bridgehead atoms. The van der Waals surface area contributed by atoms with E-state index < -0.39 is 11.9 Å². The van der Waals surface area contributed by atoms with Gasteiger partial charge in [0.1, 0.15) is 11.7 Å². The average Bonchev–Trinajstić information content (AvgIpc) is 2.28. The Labute approximate surface area is 109 Å². The molecule has 5 heteroatoms. The molecule has 0 aliphatic rings. The molecular formula is C13H24O5. The minimum Gasteiger partial charge on any atom is -0.465 e. The first-order chi connectivity index (χ1) is 8.54. The summed E-state index contributed by atoms with van der Waals surface area (Å²) in [7, 11) is 1.59. The maximum absolute atomic E-state index is 11.9. The molecule has 0 spiro atoms. The van der Waals surface area contributed by atoms with Crippen molar-refractivity contribution in [3.63, 3.8) is 0 Å². The highest BCUT2D eigenvalue weighted by Crippen LogP contribution is 2.16. The average molecular weight is 260 g/mol. The lowest BCUT2D eigenvalue weighted by atomic mass is 9.90. The van der Waals surface area contributed by atoms with Crippen LogP contribution in [0.4, 0.5) is 0 Å². The minimum atomic E-state index is -0.684. The monoisotopic (exact) mass is 260 g/mol. The Bertz CT molecular complexity index is 250. The lowest BCUT2D eigenvalue weighted by Gasteiger charge is -2.17. The number of Topliss-reactive ketones (excluding diaryl/α,β-unsaturated/α-hetero) is 1. The summed E-state index contributed by atoms with van der Waals surface area (Å²) < 4.78 is 14.9. The van der Waals surface area contributed by atoms with E-state index in [1.165, 1.54) is 0 Å². The van der Waals surface area contributed by atoms with Gasteiger partial charge >= 0.3 is 5.97 Å². The zero-order valence-electron chi connectivity index (χ0n) is 11.7. The molecule has 0 aromatic carbocycles. The Balaban J connectivity index is 4.11. The van der Waals surface area contributed by atoms with E-state index in [4.69, 9.17) is 14.2 Å². The third-order valence-electron chi connectivity index (χ3n) is 2.48. The van der Waals surface area contributed by atoms with Gasteiger partial charge in [0.25, 0.3) is 0 Å². The van der Waals surface area contributed by atoms with E-state index in [9.17, 15) is 9.59 Å². The largest absolute Gasteiger partial charge is 0.465 e. The van der Waals surface area contributed by atoms with Gasteiger partial charge in [0.15, 0.2) is 0 Å². The standard InChI is InChI=1S/C13H24O5/c1-5-18-13(15)12(10(2)3)11(14)6-7-17-9-8-16-4/h10,12H,5-9H2,1-4H3. The highest BCUT2D eigenvalue weighted by atomic mass is 16.5. The van der Waals surface area contributed by atoms with Crippen molar-refractivity contribution in [1.29, 1.82) is 0 Å². The van der Waals surface area contributed by atoms with Crippen molar-refractivity contribution in [2.45, 2.75) is 27.2 Å². The van der Waals surface area contributed by atoms with Crippen LogP contribution in [-0.4, -0.2) is 45.3 Å². The molecule has 0 aliphatic heterocycles. The van der Waals surface area contributed by atoms with Crippen molar-refractivity contribution in [2.75, 3.05) is 33.5 Å². The molecule has 1 unspecified atom stereocenters. The summed E-state index contributed by atoms with van der Waals surface area (Å²) in [4.78, 5) is 23.6. The highest BCUT2D eigenvalue weighted by Gasteiger charge is 2.30. The lowest BCUT2D eigenvalue weighted by Crippen LogP contribution is -2.31. The van der Waals surface area contributed by atoms with Crippen LogP contribution in [0, 0.1) is 11.8 Å². The third-order valence-corrected chi connectivity index (χ3v) is 2.48. The molecule has 0 saturated carbocycles. The number of carbonyl (C=O) groups excluding carboxylic acids is 2. The molecule has 0 N–H and O–H groups in total. The summed E-state index contributed by atoms with van der Waals surface area (Å²) in [6.45, 7) is 6.96. The van der Waals surface area contributed by atoms with Gasteiger partial charge in [0, 0.05) is 13.5 Å². The maximum atomic E-state index is 11.9. The van der Waals surface area contributed by atoms with Crippen molar-refractivity contribution >= 4 is 11.8 Å². The summed E-state index contributed by atoms with van der Waals surface area (Å²) >= 11 is 0. The first-order valence-electron chi connectivity index (χ1n) is 6.30. The second-order valence-corrected chi connectivity index (χ2v) is 4.30. The van der Waals surface area contributed by atoms with Gasteiger partial charge in [-0.25, -0.2) is 0 Å². The Morgan fingerprint density at radius 3 is 2.28 bits per heavy atom. The highest BCUT2D eigenvalue weighted by molar-refractivity contribution is 5.99. The number of ether oxygens (including phenoxy) is 3. The summed E-state index contributed by atoms with van der Waals surface area (Å²) in [5.41, 5.74) is 0. The van der Waals surface area contributed by atoms with Gasteiger partial charge in [-0.2, -0.15) is 0 Å². The molecule has 0 radical (unpaired) electrons. The van der Waals surface area contributed by atoms with Crippen LogP contribution in [0.2, 0.25) is 0 Å². The fourth-order valence-electron chi connectivity index (χ4n) is 1.58. The number of rotatable bonds is 10. The number of carbonyl (C=O) groups is 2. The van der Waals surface area contributed by atoms with Gasteiger partial charge in [-0.15, -0.1) is 0 Å². The fraction of sp³-hybridized carbons (Fsp3) is 0.846. The predicted octanol–water partition coefficient (Wildman–Crippen LogP) is 1.44. The van der Waals surface area contributed by atoms with Gasteiger partial charge in [0.05, 0.1) is 26.4 Å². The van der Waals surface area contributed by atoms with Gasteiger partial charge in [-0.05, 0) is 12.8 Å². The second-order valence-electron chi connectivity index (χ2n) is 4.30. The Morgan fingerprint density at radius 1 is 1.11 bits per heavy atom. The Morgan fingerprint density at radius 2 is 1.78 bits per heavy atom. The lowest BCUT2D eigenvalue weighted by molar-refractivity contribution is -0.153. The zero-order chi connectivity index (χ0) is 14.0. The Kier molecular flexibility index (Phi) is 9.50. The topological polar surface area (TPSA) is 61.8 Å². The molecule has 0 rings (SSSR count). The second kappa shape index (κ2) is 10.0. The van der Waals surface area contributed by atoms with Crippen molar-refractivity contribution in [3.05, 3.63) is 0 Å². The number of esters is 1. The van der Waals surface area contributed by atoms with E-state index in [0.29, 0.717) is 26.4 Å². The molecule has 0 aromatic heterocycles. The number of ketones is 1. The molecule has 5 nitrogen and oxygen atoms in total. The van der Waals surface area contributed by atoms with Gasteiger partial charge in [0.2, 0.25) is 0 Å². The van der Waals surface area contributed by atoms with Crippen LogP contribution in [0.25, 0.3) is 0 Å². The molecule has 1 atom stereocenters. The van der Waals surface area contributed by atoms with Crippen molar-refractivity contribution in [2.24, 2.45) is 11.8 Å². The van der Waals surface area contributed by atoms with Gasteiger partial charge in [-0.3, -0.25) is 9.59 Å². The summed E-state index contributed by atoms with van der Waals surface area (Å²) in [5.74, 6) is -1.30. The van der Waals surface area contributed by atoms with E-state index in [2.05, 4.69) is 0 Å². The van der Waals surface area contributed by atoms with Gasteiger partial charge in [-0.1, -0.05) is 13.8 Å².